The minimum atomic E-state index is -0.447. The Balaban J connectivity index is 2.00. The summed E-state index contributed by atoms with van der Waals surface area (Å²) in [5.74, 6) is 0.135. The van der Waals surface area contributed by atoms with Crippen LogP contribution < -0.4 is 5.73 Å². The maximum Gasteiger partial charge on any atom is 0.105 e. The number of benzene rings is 1. The number of rotatable bonds is 6. The smallest absolute Gasteiger partial charge is 0.105 e. The zero-order valence-electron chi connectivity index (χ0n) is 11.6. The summed E-state index contributed by atoms with van der Waals surface area (Å²) in [5, 5.41) is 0.793. The van der Waals surface area contributed by atoms with Gasteiger partial charge in [0.15, 0.2) is 0 Å². The fourth-order valence-corrected chi connectivity index (χ4v) is 4.13. The molecule has 0 spiro atoms. The van der Waals surface area contributed by atoms with E-state index in [1.807, 2.05) is 11.8 Å². The van der Waals surface area contributed by atoms with Crippen LogP contribution in [0.25, 0.3) is 0 Å². The number of thioether (sulfide) groups is 1. The molecule has 0 heterocycles. The predicted octanol–water partition coefficient (Wildman–Crippen LogP) is 4.51. The van der Waals surface area contributed by atoms with Gasteiger partial charge in [-0.2, -0.15) is 0 Å². The molecule has 19 heavy (non-hydrogen) atoms. The molecule has 0 bridgehead atoms. The first-order valence-electron chi connectivity index (χ1n) is 7.32. The van der Waals surface area contributed by atoms with Gasteiger partial charge in [0.05, 0.1) is 0 Å². The highest BCUT2D eigenvalue weighted by Gasteiger charge is 2.19. The minimum Gasteiger partial charge on any atom is -0.325 e. The summed E-state index contributed by atoms with van der Waals surface area (Å²) in [5.41, 5.74) is 7.02. The zero-order valence-corrected chi connectivity index (χ0v) is 12.5. The van der Waals surface area contributed by atoms with Gasteiger partial charge in [-0.3, -0.25) is 0 Å². The largest absolute Gasteiger partial charge is 0.325 e. The van der Waals surface area contributed by atoms with Crippen molar-refractivity contribution in [3.63, 3.8) is 0 Å². The van der Waals surface area contributed by atoms with E-state index in [-0.39, 0.29) is 12.0 Å². The maximum atomic E-state index is 12.7. The molecule has 0 aromatic heterocycles. The topological polar surface area (TPSA) is 26.0 Å². The third-order valence-electron chi connectivity index (χ3n) is 4.05. The molecule has 0 aliphatic heterocycles. The molecule has 2 N–H and O–H groups in total. The number of hydrogen-bond acceptors (Lipinski definition) is 2. The van der Waals surface area contributed by atoms with E-state index >= 15 is 0 Å². The zero-order chi connectivity index (χ0) is 13.7. The highest BCUT2D eigenvalue weighted by Crippen LogP contribution is 2.35. The normalized spacial score (nSPS) is 19.5. The highest BCUT2D eigenvalue weighted by atomic mass is 32.2. The van der Waals surface area contributed by atoms with Crippen LogP contribution in [0.1, 0.15) is 50.5 Å². The summed E-state index contributed by atoms with van der Waals surface area (Å²) in [7, 11) is 0. The van der Waals surface area contributed by atoms with Crippen molar-refractivity contribution in [2.75, 3.05) is 6.67 Å². The lowest BCUT2D eigenvalue weighted by Crippen LogP contribution is -2.30. The summed E-state index contributed by atoms with van der Waals surface area (Å²) in [6.45, 7) is 1.62. The lowest BCUT2D eigenvalue weighted by molar-refractivity contribution is 0.380. The molecule has 1 nitrogen and oxygen atoms in total. The summed E-state index contributed by atoms with van der Waals surface area (Å²) in [6.07, 6.45) is 6.33. The molecule has 1 aliphatic rings. The van der Waals surface area contributed by atoms with Crippen LogP contribution in [0.2, 0.25) is 0 Å². The molecule has 0 radical (unpaired) electrons. The summed E-state index contributed by atoms with van der Waals surface area (Å²) in [4.78, 5) is 1.33. The van der Waals surface area contributed by atoms with Crippen LogP contribution in [-0.4, -0.2) is 18.0 Å². The summed E-state index contributed by atoms with van der Waals surface area (Å²) >= 11 is 1.99. The average Bonchev–Trinajstić information content (AvgIpc) is 2.94. The van der Waals surface area contributed by atoms with Crippen molar-refractivity contribution in [2.45, 2.75) is 61.1 Å². The second-order valence-corrected chi connectivity index (χ2v) is 6.80. The molecule has 1 aliphatic carbocycles. The Labute approximate surface area is 120 Å². The van der Waals surface area contributed by atoms with Gasteiger partial charge in [0.25, 0.3) is 0 Å². The third kappa shape index (κ3) is 3.96. The summed E-state index contributed by atoms with van der Waals surface area (Å²) in [6, 6.07) is 8.22. The molecular formula is C16H24FNS. The maximum absolute atomic E-state index is 12.7. The Bertz CT molecular complexity index is 373. The number of halogens is 1. The first-order chi connectivity index (χ1) is 9.24. The SMILES string of the molecule is CCC(c1ccc(SC2CCCC2)cc1)C(N)CF. The molecule has 2 atom stereocenters. The van der Waals surface area contributed by atoms with Gasteiger partial charge in [-0.1, -0.05) is 31.9 Å². The molecule has 106 valence electrons. The van der Waals surface area contributed by atoms with E-state index in [0.717, 1.165) is 11.7 Å². The van der Waals surface area contributed by atoms with Gasteiger partial charge in [0.1, 0.15) is 6.67 Å². The standard InChI is InChI=1S/C16H24FNS/c1-2-15(16(18)11-17)12-7-9-14(10-8-12)19-13-5-3-4-6-13/h7-10,13,15-16H,2-6,11,18H2,1H3. The van der Waals surface area contributed by atoms with Crippen molar-refractivity contribution in [3.05, 3.63) is 29.8 Å². The van der Waals surface area contributed by atoms with Gasteiger partial charge >= 0.3 is 0 Å². The van der Waals surface area contributed by atoms with E-state index in [1.165, 1.54) is 36.1 Å². The molecule has 0 saturated heterocycles. The van der Waals surface area contributed by atoms with Crippen molar-refractivity contribution in [3.8, 4) is 0 Å². The number of nitrogens with two attached hydrogens (primary N) is 1. The molecule has 0 amide bonds. The second kappa shape index (κ2) is 7.30. The fourth-order valence-electron chi connectivity index (χ4n) is 2.89. The predicted molar refractivity (Wildman–Crippen MR) is 81.5 cm³/mol. The van der Waals surface area contributed by atoms with E-state index < -0.39 is 6.67 Å². The summed E-state index contributed by atoms with van der Waals surface area (Å²) < 4.78 is 12.7. The number of alkyl halides is 1. The van der Waals surface area contributed by atoms with Crippen molar-refractivity contribution in [2.24, 2.45) is 5.73 Å². The lowest BCUT2D eigenvalue weighted by Gasteiger charge is -2.21. The van der Waals surface area contributed by atoms with Crippen LogP contribution in [0.3, 0.4) is 0 Å². The van der Waals surface area contributed by atoms with Crippen molar-refractivity contribution >= 4 is 11.8 Å². The van der Waals surface area contributed by atoms with E-state index in [1.54, 1.807) is 0 Å². The Kier molecular flexibility index (Phi) is 5.71. The molecule has 2 unspecified atom stereocenters. The van der Waals surface area contributed by atoms with Crippen molar-refractivity contribution < 1.29 is 4.39 Å². The molecule has 1 fully saturated rings. The van der Waals surface area contributed by atoms with Gasteiger partial charge in [-0.15, -0.1) is 11.8 Å². The van der Waals surface area contributed by atoms with Crippen LogP contribution in [0, 0.1) is 0 Å². The van der Waals surface area contributed by atoms with E-state index in [2.05, 4.69) is 31.2 Å². The van der Waals surface area contributed by atoms with E-state index in [4.69, 9.17) is 5.73 Å². The fraction of sp³-hybridized carbons (Fsp3) is 0.625. The Hall–Kier alpha value is -0.540. The van der Waals surface area contributed by atoms with Crippen LogP contribution in [0.5, 0.6) is 0 Å². The molecule has 3 heteroatoms. The van der Waals surface area contributed by atoms with Crippen molar-refractivity contribution in [1.29, 1.82) is 0 Å². The number of hydrogen-bond donors (Lipinski definition) is 1. The Morgan fingerprint density at radius 1 is 1.26 bits per heavy atom. The molecular weight excluding hydrogens is 257 g/mol. The van der Waals surface area contributed by atoms with Crippen LogP contribution >= 0.6 is 11.8 Å². The first-order valence-corrected chi connectivity index (χ1v) is 8.20. The average molecular weight is 281 g/mol. The Morgan fingerprint density at radius 3 is 2.42 bits per heavy atom. The van der Waals surface area contributed by atoms with E-state index in [9.17, 15) is 4.39 Å². The minimum absolute atomic E-state index is 0.135. The quantitative estimate of drug-likeness (QED) is 0.830. The Morgan fingerprint density at radius 2 is 1.89 bits per heavy atom. The van der Waals surface area contributed by atoms with Gasteiger partial charge in [-0.25, -0.2) is 4.39 Å². The van der Waals surface area contributed by atoms with Crippen LogP contribution in [0.4, 0.5) is 4.39 Å². The first kappa shape index (κ1) is 14.9. The van der Waals surface area contributed by atoms with Crippen LogP contribution in [-0.2, 0) is 0 Å². The van der Waals surface area contributed by atoms with Gasteiger partial charge in [0.2, 0.25) is 0 Å². The van der Waals surface area contributed by atoms with Gasteiger partial charge < -0.3 is 5.73 Å². The lowest BCUT2D eigenvalue weighted by atomic mass is 9.90. The molecule has 1 aromatic carbocycles. The molecule has 2 rings (SSSR count). The van der Waals surface area contributed by atoms with Gasteiger partial charge in [-0.05, 0) is 37.0 Å². The second-order valence-electron chi connectivity index (χ2n) is 5.43. The molecule has 1 saturated carbocycles. The van der Waals surface area contributed by atoms with E-state index in [0.29, 0.717) is 0 Å². The van der Waals surface area contributed by atoms with Crippen molar-refractivity contribution in [1.82, 2.24) is 0 Å². The van der Waals surface area contributed by atoms with Gasteiger partial charge in [0, 0.05) is 22.1 Å². The monoisotopic (exact) mass is 281 g/mol. The third-order valence-corrected chi connectivity index (χ3v) is 5.40. The van der Waals surface area contributed by atoms with Crippen LogP contribution in [0.15, 0.2) is 29.2 Å². The molecule has 1 aromatic rings. The highest BCUT2D eigenvalue weighted by molar-refractivity contribution is 8.00.